The monoisotopic (exact) mass is 476 g/mol. The SMILES string of the molecule is Cc1nccc(-c2cccc(NS(=O)(=O)c3ccc(Oc4cccc(Cl)c4C#N)cc3)c2)n1. The van der Waals surface area contributed by atoms with E-state index >= 15 is 0 Å². The van der Waals surface area contributed by atoms with Crippen LogP contribution in [0.5, 0.6) is 11.5 Å². The van der Waals surface area contributed by atoms with E-state index in [0.29, 0.717) is 23.0 Å². The van der Waals surface area contributed by atoms with E-state index in [-0.39, 0.29) is 21.2 Å². The van der Waals surface area contributed by atoms with Crippen molar-refractivity contribution in [2.24, 2.45) is 0 Å². The number of nitrogens with one attached hydrogen (secondary N) is 1. The molecule has 0 saturated heterocycles. The summed E-state index contributed by atoms with van der Waals surface area (Å²) in [6, 6.07) is 21.5. The molecule has 0 atom stereocenters. The number of hydrogen-bond acceptors (Lipinski definition) is 6. The van der Waals surface area contributed by atoms with E-state index < -0.39 is 10.0 Å². The first-order valence-corrected chi connectivity index (χ1v) is 11.6. The molecule has 4 aromatic rings. The number of nitriles is 1. The van der Waals surface area contributed by atoms with Crippen molar-refractivity contribution in [2.75, 3.05) is 4.72 Å². The minimum absolute atomic E-state index is 0.0599. The van der Waals surface area contributed by atoms with Crippen LogP contribution in [-0.2, 0) is 10.0 Å². The summed E-state index contributed by atoms with van der Waals surface area (Å²) in [6.45, 7) is 1.79. The van der Waals surface area contributed by atoms with E-state index in [9.17, 15) is 13.7 Å². The summed E-state index contributed by atoms with van der Waals surface area (Å²) < 4.78 is 34.0. The highest BCUT2D eigenvalue weighted by Gasteiger charge is 2.16. The Bertz CT molecular complexity index is 1470. The molecule has 0 aliphatic rings. The second-order valence-corrected chi connectivity index (χ2v) is 9.06. The quantitative estimate of drug-likeness (QED) is 0.390. The van der Waals surface area contributed by atoms with Gasteiger partial charge in [0.05, 0.1) is 15.6 Å². The molecule has 7 nitrogen and oxygen atoms in total. The molecule has 1 aromatic heterocycles. The Morgan fingerprint density at radius 1 is 1.03 bits per heavy atom. The Morgan fingerprint density at radius 2 is 1.79 bits per heavy atom. The molecular formula is C24H17ClN4O3S. The molecule has 33 heavy (non-hydrogen) atoms. The van der Waals surface area contributed by atoms with Crippen molar-refractivity contribution in [2.45, 2.75) is 11.8 Å². The van der Waals surface area contributed by atoms with Crippen molar-refractivity contribution in [1.82, 2.24) is 9.97 Å². The lowest BCUT2D eigenvalue weighted by Gasteiger charge is -2.11. The van der Waals surface area contributed by atoms with E-state index in [2.05, 4.69) is 14.7 Å². The first kappa shape index (κ1) is 22.3. The molecule has 0 radical (unpaired) electrons. The first-order chi connectivity index (χ1) is 15.9. The van der Waals surface area contributed by atoms with Gasteiger partial charge in [-0.05, 0) is 61.5 Å². The second kappa shape index (κ2) is 9.28. The maximum Gasteiger partial charge on any atom is 0.261 e. The molecule has 0 aliphatic heterocycles. The number of aryl methyl sites for hydroxylation is 1. The highest BCUT2D eigenvalue weighted by molar-refractivity contribution is 7.92. The summed E-state index contributed by atoms with van der Waals surface area (Å²) in [7, 11) is -3.84. The summed E-state index contributed by atoms with van der Waals surface area (Å²) in [5, 5.41) is 9.54. The van der Waals surface area contributed by atoms with Gasteiger partial charge in [0.1, 0.15) is 29.0 Å². The van der Waals surface area contributed by atoms with Gasteiger partial charge in [0.25, 0.3) is 10.0 Å². The smallest absolute Gasteiger partial charge is 0.261 e. The molecule has 0 fully saturated rings. The zero-order valence-corrected chi connectivity index (χ0v) is 18.9. The highest BCUT2D eigenvalue weighted by atomic mass is 35.5. The lowest BCUT2D eigenvalue weighted by molar-refractivity contribution is 0.480. The molecule has 4 rings (SSSR count). The number of rotatable bonds is 6. The highest BCUT2D eigenvalue weighted by Crippen LogP contribution is 2.30. The molecule has 164 valence electrons. The average molecular weight is 477 g/mol. The van der Waals surface area contributed by atoms with Crippen LogP contribution in [0.2, 0.25) is 5.02 Å². The van der Waals surface area contributed by atoms with Crippen LogP contribution in [0, 0.1) is 18.3 Å². The third-order valence-corrected chi connectivity index (χ3v) is 6.35. The van der Waals surface area contributed by atoms with Gasteiger partial charge in [0.15, 0.2) is 0 Å². The molecule has 0 amide bonds. The molecule has 9 heteroatoms. The van der Waals surface area contributed by atoms with Gasteiger partial charge in [-0.2, -0.15) is 5.26 Å². The lowest BCUT2D eigenvalue weighted by Crippen LogP contribution is -2.12. The Labute approximate surface area is 196 Å². The van der Waals surface area contributed by atoms with Crippen molar-refractivity contribution in [3.05, 3.63) is 95.4 Å². The minimum atomic E-state index is -3.84. The number of ether oxygens (including phenoxy) is 1. The maximum atomic E-state index is 12.9. The largest absolute Gasteiger partial charge is 0.456 e. The number of sulfonamides is 1. The van der Waals surface area contributed by atoms with E-state index in [4.69, 9.17) is 16.3 Å². The van der Waals surface area contributed by atoms with Crippen LogP contribution in [0.15, 0.2) is 83.9 Å². The molecule has 0 unspecified atom stereocenters. The van der Waals surface area contributed by atoms with Gasteiger partial charge >= 0.3 is 0 Å². The predicted octanol–water partition coefficient (Wildman–Crippen LogP) is 5.57. The Morgan fingerprint density at radius 3 is 2.52 bits per heavy atom. The molecule has 1 heterocycles. The van der Waals surface area contributed by atoms with Gasteiger partial charge in [-0.3, -0.25) is 4.72 Å². The molecule has 0 saturated carbocycles. The second-order valence-electron chi connectivity index (χ2n) is 6.97. The maximum absolute atomic E-state index is 12.9. The van der Waals surface area contributed by atoms with E-state index in [1.165, 1.54) is 24.3 Å². The van der Waals surface area contributed by atoms with Crippen LogP contribution < -0.4 is 9.46 Å². The van der Waals surface area contributed by atoms with Crippen LogP contribution in [0.3, 0.4) is 0 Å². The summed E-state index contributed by atoms with van der Waals surface area (Å²) in [4.78, 5) is 8.51. The Kier molecular flexibility index (Phi) is 6.27. The number of hydrogen-bond donors (Lipinski definition) is 1. The van der Waals surface area contributed by atoms with Crippen LogP contribution >= 0.6 is 11.6 Å². The Hall–Kier alpha value is -3.93. The van der Waals surface area contributed by atoms with Crippen LogP contribution in [0.4, 0.5) is 5.69 Å². The van der Waals surface area contributed by atoms with Crippen LogP contribution in [0.25, 0.3) is 11.3 Å². The van der Waals surface area contributed by atoms with Gasteiger partial charge in [0.2, 0.25) is 0 Å². The van der Waals surface area contributed by atoms with Gasteiger partial charge in [0, 0.05) is 17.4 Å². The number of nitrogens with zero attached hydrogens (tertiary/aromatic N) is 3. The number of halogens is 1. The standard InChI is InChI=1S/C24H17ClN4O3S/c1-16-27-13-12-23(28-16)17-4-2-5-18(14-17)29-33(30,31)20-10-8-19(9-11-20)32-24-7-3-6-22(25)21(24)15-26/h2-14,29H,1H3. The van der Waals surface area contributed by atoms with Gasteiger partial charge in [-0.15, -0.1) is 0 Å². The molecular weight excluding hydrogens is 460 g/mol. The van der Waals surface area contributed by atoms with Crippen molar-refractivity contribution >= 4 is 27.3 Å². The first-order valence-electron chi connectivity index (χ1n) is 9.75. The van der Waals surface area contributed by atoms with Crippen molar-refractivity contribution < 1.29 is 13.2 Å². The normalized spacial score (nSPS) is 10.9. The summed E-state index contributed by atoms with van der Waals surface area (Å²) >= 11 is 6.02. The number of anilines is 1. The lowest BCUT2D eigenvalue weighted by atomic mass is 10.1. The predicted molar refractivity (Wildman–Crippen MR) is 126 cm³/mol. The van der Waals surface area contributed by atoms with E-state index in [1.54, 1.807) is 55.6 Å². The fourth-order valence-electron chi connectivity index (χ4n) is 3.08. The number of aromatic nitrogens is 2. The molecule has 0 aliphatic carbocycles. The zero-order valence-electron chi connectivity index (χ0n) is 17.4. The fourth-order valence-corrected chi connectivity index (χ4v) is 4.34. The summed E-state index contributed by atoms with van der Waals surface area (Å²) in [6.07, 6.45) is 1.65. The summed E-state index contributed by atoms with van der Waals surface area (Å²) in [5.41, 5.74) is 2.07. The van der Waals surface area contributed by atoms with E-state index in [0.717, 1.165) is 5.56 Å². The van der Waals surface area contributed by atoms with Crippen LogP contribution in [0.1, 0.15) is 11.4 Å². The summed E-state index contributed by atoms with van der Waals surface area (Å²) in [5.74, 6) is 1.28. The fraction of sp³-hybridized carbons (Fsp3) is 0.0417. The van der Waals surface area contributed by atoms with Crippen molar-refractivity contribution in [3.63, 3.8) is 0 Å². The van der Waals surface area contributed by atoms with Gasteiger partial charge in [-0.25, -0.2) is 18.4 Å². The molecule has 3 aromatic carbocycles. The molecule has 1 N–H and O–H groups in total. The molecule has 0 spiro atoms. The van der Waals surface area contributed by atoms with Gasteiger partial charge < -0.3 is 4.74 Å². The van der Waals surface area contributed by atoms with Gasteiger partial charge in [-0.1, -0.05) is 29.8 Å². The topological polar surface area (TPSA) is 105 Å². The Balaban J connectivity index is 1.54. The van der Waals surface area contributed by atoms with Crippen molar-refractivity contribution in [1.29, 1.82) is 5.26 Å². The van der Waals surface area contributed by atoms with Crippen molar-refractivity contribution in [3.8, 4) is 28.8 Å². The minimum Gasteiger partial charge on any atom is -0.456 e. The van der Waals surface area contributed by atoms with Crippen LogP contribution in [-0.4, -0.2) is 18.4 Å². The third-order valence-electron chi connectivity index (χ3n) is 4.64. The average Bonchev–Trinajstić information content (AvgIpc) is 2.79. The number of benzene rings is 3. The molecule has 0 bridgehead atoms. The van der Waals surface area contributed by atoms with E-state index in [1.807, 2.05) is 12.1 Å². The third kappa shape index (κ3) is 5.12. The zero-order chi connectivity index (χ0) is 23.4.